The summed E-state index contributed by atoms with van der Waals surface area (Å²) in [5, 5.41) is 3.39. The lowest BCUT2D eigenvalue weighted by Gasteiger charge is -2.18. The number of hydrogen-bond acceptors (Lipinski definition) is 3. The zero-order valence-corrected chi connectivity index (χ0v) is 13.8. The van der Waals surface area contributed by atoms with Gasteiger partial charge in [-0.15, -0.1) is 0 Å². The summed E-state index contributed by atoms with van der Waals surface area (Å²) in [4.78, 5) is 0. The smallest absolute Gasteiger partial charge is 0.122 e. The first kappa shape index (κ1) is 16.2. The third-order valence-corrected chi connectivity index (χ3v) is 3.22. The van der Waals surface area contributed by atoms with E-state index >= 15 is 0 Å². The van der Waals surface area contributed by atoms with Crippen molar-refractivity contribution in [2.75, 3.05) is 11.9 Å². The van der Waals surface area contributed by atoms with Crippen molar-refractivity contribution in [3.63, 3.8) is 0 Å². The molecule has 0 aliphatic carbocycles. The Bertz CT molecular complexity index is 595. The Balaban J connectivity index is 1.88. The molecule has 0 aliphatic heterocycles. The summed E-state index contributed by atoms with van der Waals surface area (Å²) in [6, 6.07) is 16.1. The minimum Gasteiger partial charge on any atom is -0.491 e. The summed E-state index contributed by atoms with van der Waals surface area (Å²) in [6.07, 6.45) is 0.259. The molecule has 0 saturated carbocycles. The highest BCUT2D eigenvalue weighted by Crippen LogP contribution is 2.20. The maximum absolute atomic E-state index is 5.97. The molecule has 0 saturated heterocycles. The van der Waals surface area contributed by atoms with Crippen molar-refractivity contribution in [2.45, 2.75) is 39.9 Å². The molecule has 0 bridgehead atoms. The van der Waals surface area contributed by atoms with Crippen molar-refractivity contribution in [1.29, 1.82) is 0 Å². The second kappa shape index (κ2) is 7.74. The first-order valence-corrected chi connectivity index (χ1v) is 7.77. The third-order valence-electron chi connectivity index (χ3n) is 3.22. The van der Waals surface area contributed by atoms with Gasteiger partial charge < -0.3 is 14.8 Å². The molecule has 22 heavy (non-hydrogen) atoms. The highest BCUT2D eigenvalue weighted by Gasteiger charge is 2.06. The number of nitrogens with one attached hydrogen (secondary N) is 1. The van der Waals surface area contributed by atoms with E-state index in [1.165, 1.54) is 0 Å². The van der Waals surface area contributed by atoms with Gasteiger partial charge in [0, 0.05) is 11.8 Å². The van der Waals surface area contributed by atoms with Crippen LogP contribution in [0.25, 0.3) is 0 Å². The van der Waals surface area contributed by atoms with Crippen molar-refractivity contribution in [3.8, 4) is 11.5 Å². The van der Waals surface area contributed by atoms with Crippen LogP contribution in [0.2, 0.25) is 0 Å². The molecule has 2 aromatic rings. The fourth-order valence-electron chi connectivity index (χ4n) is 2.16. The molecule has 1 atom stereocenters. The largest absolute Gasteiger partial charge is 0.491 e. The van der Waals surface area contributed by atoms with Crippen LogP contribution < -0.4 is 14.8 Å². The van der Waals surface area contributed by atoms with Crippen LogP contribution in [0.4, 0.5) is 5.69 Å². The average molecular weight is 299 g/mol. The molecule has 0 spiro atoms. The summed E-state index contributed by atoms with van der Waals surface area (Å²) >= 11 is 0. The average Bonchev–Trinajstić information content (AvgIpc) is 2.47. The third kappa shape index (κ3) is 4.99. The van der Waals surface area contributed by atoms with Gasteiger partial charge >= 0.3 is 0 Å². The Morgan fingerprint density at radius 2 is 1.73 bits per heavy atom. The Hall–Kier alpha value is -2.16. The van der Waals surface area contributed by atoms with Gasteiger partial charge in [0.15, 0.2) is 0 Å². The number of benzene rings is 2. The lowest BCUT2D eigenvalue weighted by molar-refractivity contribution is 0.233. The van der Waals surface area contributed by atoms with E-state index < -0.39 is 0 Å². The molecule has 0 heterocycles. The quantitative estimate of drug-likeness (QED) is 0.806. The number of aryl methyl sites for hydroxylation is 1. The first-order chi connectivity index (χ1) is 10.5. The summed E-state index contributed by atoms with van der Waals surface area (Å²) < 4.78 is 11.7. The maximum atomic E-state index is 5.97. The van der Waals surface area contributed by atoms with Crippen LogP contribution in [-0.2, 0) is 0 Å². The Morgan fingerprint density at radius 3 is 2.45 bits per heavy atom. The Labute approximate surface area is 133 Å². The second-order valence-corrected chi connectivity index (χ2v) is 5.77. The second-order valence-electron chi connectivity index (χ2n) is 5.77. The summed E-state index contributed by atoms with van der Waals surface area (Å²) in [6.45, 7) is 8.91. The Kier molecular flexibility index (Phi) is 5.70. The SMILES string of the molecule is Cc1ccccc1OC(C)CNc1cccc(OC(C)C)c1. The van der Waals surface area contributed by atoms with Crippen LogP contribution >= 0.6 is 0 Å². The monoisotopic (exact) mass is 299 g/mol. The van der Waals surface area contributed by atoms with E-state index in [9.17, 15) is 0 Å². The molecular weight excluding hydrogens is 274 g/mol. The molecule has 3 heteroatoms. The molecule has 0 amide bonds. The van der Waals surface area contributed by atoms with E-state index in [0.29, 0.717) is 0 Å². The number of ether oxygens (including phenoxy) is 2. The maximum Gasteiger partial charge on any atom is 0.122 e. The Morgan fingerprint density at radius 1 is 0.955 bits per heavy atom. The standard InChI is InChI=1S/C19H25NO2/c1-14(2)21-18-10-7-9-17(12-18)20-13-16(4)22-19-11-6-5-8-15(19)3/h5-12,14,16,20H,13H2,1-4H3. The fraction of sp³-hybridized carbons (Fsp3) is 0.368. The van der Waals surface area contributed by atoms with Gasteiger partial charge in [-0.2, -0.15) is 0 Å². The van der Waals surface area contributed by atoms with Crippen molar-refractivity contribution < 1.29 is 9.47 Å². The van der Waals surface area contributed by atoms with E-state index in [1.807, 2.05) is 56.3 Å². The fourth-order valence-corrected chi connectivity index (χ4v) is 2.16. The number of anilines is 1. The number of hydrogen-bond donors (Lipinski definition) is 1. The van der Waals surface area contributed by atoms with Gasteiger partial charge in [-0.25, -0.2) is 0 Å². The van der Waals surface area contributed by atoms with Gasteiger partial charge in [-0.1, -0.05) is 24.3 Å². The van der Waals surface area contributed by atoms with Crippen molar-refractivity contribution in [3.05, 3.63) is 54.1 Å². The predicted octanol–water partition coefficient (Wildman–Crippen LogP) is 4.66. The molecular formula is C19H25NO2. The predicted molar refractivity (Wildman–Crippen MR) is 92.0 cm³/mol. The number of rotatable bonds is 7. The molecule has 1 N–H and O–H groups in total. The van der Waals surface area contributed by atoms with Crippen LogP contribution in [0, 0.1) is 6.92 Å². The van der Waals surface area contributed by atoms with Gasteiger partial charge in [0.25, 0.3) is 0 Å². The molecule has 2 rings (SSSR count). The summed E-state index contributed by atoms with van der Waals surface area (Å²) in [5.74, 6) is 1.82. The molecule has 0 fully saturated rings. The summed E-state index contributed by atoms with van der Waals surface area (Å²) in [5.41, 5.74) is 2.19. The molecule has 0 aromatic heterocycles. The zero-order chi connectivity index (χ0) is 15.9. The highest BCUT2D eigenvalue weighted by molar-refractivity contribution is 5.48. The van der Waals surface area contributed by atoms with Gasteiger partial charge in [0.05, 0.1) is 12.6 Å². The van der Waals surface area contributed by atoms with E-state index in [1.54, 1.807) is 0 Å². The molecule has 1 unspecified atom stereocenters. The van der Waals surface area contributed by atoms with Crippen LogP contribution in [0.15, 0.2) is 48.5 Å². The topological polar surface area (TPSA) is 30.5 Å². The molecule has 0 aliphatic rings. The molecule has 0 radical (unpaired) electrons. The molecule has 2 aromatic carbocycles. The first-order valence-electron chi connectivity index (χ1n) is 7.77. The lowest BCUT2D eigenvalue weighted by atomic mass is 10.2. The van der Waals surface area contributed by atoms with Crippen molar-refractivity contribution >= 4 is 5.69 Å². The number of para-hydroxylation sites is 1. The minimum absolute atomic E-state index is 0.0794. The molecule has 3 nitrogen and oxygen atoms in total. The van der Waals surface area contributed by atoms with Crippen LogP contribution in [-0.4, -0.2) is 18.8 Å². The van der Waals surface area contributed by atoms with Gasteiger partial charge in [0.2, 0.25) is 0 Å². The van der Waals surface area contributed by atoms with Gasteiger partial charge in [-0.05, 0) is 51.5 Å². The van der Waals surface area contributed by atoms with Crippen molar-refractivity contribution in [1.82, 2.24) is 0 Å². The van der Waals surface area contributed by atoms with Gasteiger partial charge in [0.1, 0.15) is 17.6 Å². The normalized spacial score (nSPS) is 12.0. The highest BCUT2D eigenvalue weighted by atomic mass is 16.5. The summed E-state index contributed by atoms with van der Waals surface area (Å²) in [7, 11) is 0. The minimum atomic E-state index is 0.0794. The van der Waals surface area contributed by atoms with Crippen molar-refractivity contribution in [2.24, 2.45) is 0 Å². The van der Waals surface area contributed by atoms with E-state index in [0.717, 1.165) is 29.3 Å². The lowest BCUT2D eigenvalue weighted by Crippen LogP contribution is -2.23. The zero-order valence-electron chi connectivity index (χ0n) is 13.8. The van der Waals surface area contributed by atoms with Crippen LogP contribution in [0.1, 0.15) is 26.3 Å². The van der Waals surface area contributed by atoms with Gasteiger partial charge in [-0.3, -0.25) is 0 Å². The van der Waals surface area contributed by atoms with E-state index in [4.69, 9.17) is 9.47 Å². The van der Waals surface area contributed by atoms with Crippen LogP contribution in [0.3, 0.4) is 0 Å². The molecule has 118 valence electrons. The van der Waals surface area contributed by atoms with E-state index in [2.05, 4.69) is 25.2 Å². The van der Waals surface area contributed by atoms with Crippen LogP contribution in [0.5, 0.6) is 11.5 Å². The van der Waals surface area contributed by atoms with E-state index in [-0.39, 0.29) is 12.2 Å².